The molecule has 0 spiro atoms. The lowest BCUT2D eigenvalue weighted by Gasteiger charge is -2.32. The fourth-order valence-corrected chi connectivity index (χ4v) is 4.70. The third kappa shape index (κ3) is 5.92. The first-order valence-electron chi connectivity index (χ1n) is 11.7. The Labute approximate surface area is 194 Å². The van der Waals surface area contributed by atoms with E-state index in [4.69, 9.17) is 9.47 Å². The minimum Gasteiger partial charge on any atom is -0.494 e. The summed E-state index contributed by atoms with van der Waals surface area (Å²) >= 11 is 0. The molecule has 8 heteroatoms. The van der Waals surface area contributed by atoms with Gasteiger partial charge in [0, 0.05) is 33.3 Å². The molecule has 1 amide bonds. The molecule has 1 aliphatic heterocycles. The van der Waals surface area contributed by atoms with Crippen molar-refractivity contribution in [2.75, 3.05) is 45.8 Å². The zero-order valence-electron chi connectivity index (χ0n) is 19.7. The molecule has 0 bridgehead atoms. The number of hydrogen-bond acceptors (Lipinski definition) is 6. The van der Waals surface area contributed by atoms with Crippen LogP contribution < -0.4 is 14.4 Å². The predicted molar refractivity (Wildman–Crippen MR) is 124 cm³/mol. The summed E-state index contributed by atoms with van der Waals surface area (Å²) in [5, 5.41) is 0. The van der Waals surface area contributed by atoms with Crippen LogP contribution in [0.3, 0.4) is 0 Å². The molecule has 2 heterocycles. The number of carbonyl (C=O) groups is 1. The molecule has 4 rings (SSSR count). The first-order chi connectivity index (χ1) is 15.9. The van der Waals surface area contributed by atoms with E-state index >= 15 is 0 Å². The Morgan fingerprint density at radius 3 is 2.55 bits per heavy atom. The molecule has 1 unspecified atom stereocenters. The van der Waals surface area contributed by atoms with Crippen molar-refractivity contribution >= 4 is 11.9 Å². The average Bonchev–Trinajstić information content (AvgIpc) is 3.60. The van der Waals surface area contributed by atoms with Crippen molar-refractivity contribution in [2.24, 2.45) is 17.8 Å². The van der Waals surface area contributed by atoms with E-state index in [9.17, 15) is 9.18 Å². The summed E-state index contributed by atoms with van der Waals surface area (Å²) in [6.07, 6.45) is 8.07. The van der Waals surface area contributed by atoms with Crippen LogP contribution in [0.2, 0.25) is 0 Å². The van der Waals surface area contributed by atoms with Crippen LogP contribution in [0.15, 0.2) is 30.6 Å². The molecule has 1 aromatic heterocycles. The van der Waals surface area contributed by atoms with Gasteiger partial charge in [-0.25, -0.2) is 14.4 Å². The highest BCUT2D eigenvalue weighted by molar-refractivity contribution is 5.78. The Kier molecular flexibility index (Phi) is 7.30. The van der Waals surface area contributed by atoms with Crippen molar-refractivity contribution in [1.29, 1.82) is 0 Å². The summed E-state index contributed by atoms with van der Waals surface area (Å²) in [5.41, 5.74) is 0.398. The van der Waals surface area contributed by atoms with Crippen LogP contribution in [0, 0.1) is 23.6 Å². The summed E-state index contributed by atoms with van der Waals surface area (Å²) in [6.45, 7) is 2.56. The quantitative estimate of drug-likeness (QED) is 0.575. The second kappa shape index (κ2) is 10.4. The van der Waals surface area contributed by atoms with Gasteiger partial charge in [0.15, 0.2) is 5.75 Å². The first-order valence-corrected chi connectivity index (χ1v) is 11.7. The molecule has 2 aliphatic rings. The van der Waals surface area contributed by atoms with E-state index < -0.39 is 0 Å². The van der Waals surface area contributed by atoms with E-state index in [0.29, 0.717) is 29.6 Å². The van der Waals surface area contributed by atoms with Crippen molar-refractivity contribution < 1.29 is 18.7 Å². The second-order valence-electron chi connectivity index (χ2n) is 9.26. The Hall–Kier alpha value is -2.90. The maximum atomic E-state index is 14.3. The van der Waals surface area contributed by atoms with E-state index in [0.717, 1.165) is 50.1 Å². The monoisotopic (exact) mass is 456 g/mol. The summed E-state index contributed by atoms with van der Waals surface area (Å²) in [7, 11) is 4.95. The van der Waals surface area contributed by atoms with Gasteiger partial charge in [-0.3, -0.25) is 4.79 Å². The zero-order chi connectivity index (χ0) is 23.4. The topological polar surface area (TPSA) is 67.8 Å². The van der Waals surface area contributed by atoms with E-state index in [2.05, 4.69) is 14.9 Å². The van der Waals surface area contributed by atoms with Crippen molar-refractivity contribution in [1.82, 2.24) is 14.9 Å². The lowest BCUT2D eigenvalue weighted by Crippen LogP contribution is -2.35. The summed E-state index contributed by atoms with van der Waals surface area (Å²) in [4.78, 5) is 24.3. The smallest absolute Gasteiger partial charge is 0.226 e. The number of ether oxygens (including phenoxy) is 2. The molecule has 7 nitrogen and oxygen atoms in total. The van der Waals surface area contributed by atoms with E-state index in [1.54, 1.807) is 45.7 Å². The van der Waals surface area contributed by atoms with Gasteiger partial charge in [-0.1, -0.05) is 6.07 Å². The Morgan fingerprint density at radius 1 is 1.18 bits per heavy atom. The van der Waals surface area contributed by atoms with Crippen molar-refractivity contribution in [3.05, 3.63) is 42.0 Å². The molecule has 2 aromatic rings. The van der Waals surface area contributed by atoms with Crippen LogP contribution >= 0.6 is 0 Å². The second-order valence-corrected chi connectivity index (χ2v) is 9.26. The van der Waals surface area contributed by atoms with Gasteiger partial charge in [0.25, 0.3) is 0 Å². The van der Waals surface area contributed by atoms with Crippen molar-refractivity contribution in [2.45, 2.75) is 32.1 Å². The van der Waals surface area contributed by atoms with Gasteiger partial charge in [-0.2, -0.15) is 0 Å². The van der Waals surface area contributed by atoms with Gasteiger partial charge >= 0.3 is 0 Å². The highest BCUT2D eigenvalue weighted by Crippen LogP contribution is 2.49. The van der Waals surface area contributed by atoms with E-state index in [1.807, 2.05) is 0 Å². The zero-order valence-corrected chi connectivity index (χ0v) is 19.7. The summed E-state index contributed by atoms with van der Waals surface area (Å²) < 4.78 is 25.2. The number of amides is 1. The molecule has 0 radical (unpaired) electrons. The molecule has 1 aromatic carbocycles. The molecular weight excluding hydrogens is 423 g/mol. The third-order valence-corrected chi connectivity index (χ3v) is 6.88. The van der Waals surface area contributed by atoms with E-state index in [-0.39, 0.29) is 18.1 Å². The number of anilines is 1. The molecule has 33 heavy (non-hydrogen) atoms. The standard InChI is InChI=1S/C25H33FN4O3/c1-29(2)24(31)13-19-4-5-20(14-23(19)26)33-11-8-18-12-22(18)17-6-9-30(10-7-17)25-27-15-21(32-3)16-28-25/h4-5,14-18,22H,6-13H2,1-3H3/t18-,22?/m1/s1. The van der Waals surface area contributed by atoms with Gasteiger partial charge in [-0.05, 0) is 55.1 Å². The number of methoxy groups -OCH3 is 1. The van der Waals surface area contributed by atoms with Crippen LogP contribution in [0.25, 0.3) is 0 Å². The number of piperidine rings is 1. The minimum absolute atomic E-state index is 0.0618. The number of benzene rings is 1. The highest BCUT2D eigenvalue weighted by atomic mass is 19.1. The molecule has 0 N–H and O–H groups in total. The lowest BCUT2D eigenvalue weighted by molar-refractivity contribution is -0.128. The van der Waals surface area contributed by atoms with Crippen molar-refractivity contribution in [3.8, 4) is 11.5 Å². The fraction of sp³-hybridized carbons (Fsp3) is 0.560. The lowest BCUT2D eigenvalue weighted by atomic mass is 9.90. The molecular formula is C25H33FN4O3. The number of halogens is 1. The fourth-order valence-electron chi connectivity index (χ4n) is 4.70. The number of aromatic nitrogens is 2. The number of hydrogen-bond donors (Lipinski definition) is 0. The third-order valence-electron chi connectivity index (χ3n) is 6.88. The number of carbonyl (C=O) groups excluding carboxylic acids is 1. The van der Waals surface area contributed by atoms with Crippen molar-refractivity contribution in [3.63, 3.8) is 0 Å². The van der Waals surface area contributed by atoms with Crippen LogP contribution in [0.1, 0.15) is 31.2 Å². The number of rotatable bonds is 9. The molecule has 2 atom stereocenters. The number of likely N-dealkylation sites (N-methyl/N-ethyl adjacent to an activating group) is 1. The minimum atomic E-state index is -0.389. The average molecular weight is 457 g/mol. The Bertz CT molecular complexity index is 945. The molecule has 1 aliphatic carbocycles. The van der Waals surface area contributed by atoms with Gasteiger partial charge in [0.1, 0.15) is 11.6 Å². The molecule has 1 saturated carbocycles. The van der Waals surface area contributed by atoms with Crippen LogP contribution in [0.5, 0.6) is 11.5 Å². The SMILES string of the molecule is COc1cnc(N2CCC(C3C[C@H]3CCOc3ccc(CC(=O)N(C)C)c(F)c3)CC2)nc1. The Balaban J connectivity index is 1.17. The predicted octanol–water partition coefficient (Wildman–Crippen LogP) is 3.58. The Morgan fingerprint density at radius 2 is 1.91 bits per heavy atom. The maximum absolute atomic E-state index is 14.3. The highest BCUT2D eigenvalue weighted by Gasteiger charge is 2.43. The van der Waals surface area contributed by atoms with E-state index in [1.165, 1.54) is 17.4 Å². The van der Waals surface area contributed by atoms with Crippen LogP contribution in [0.4, 0.5) is 10.3 Å². The largest absolute Gasteiger partial charge is 0.494 e. The maximum Gasteiger partial charge on any atom is 0.226 e. The molecule has 2 fully saturated rings. The van der Waals surface area contributed by atoms with Gasteiger partial charge in [0.2, 0.25) is 11.9 Å². The normalized spacial score (nSPS) is 20.4. The molecule has 178 valence electrons. The number of nitrogens with zero attached hydrogens (tertiary/aromatic N) is 4. The first kappa shape index (κ1) is 23.3. The summed E-state index contributed by atoms with van der Waals surface area (Å²) in [5.74, 6) is 3.68. The van der Waals surface area contributed by atoms with Gasteiger partial charge in [0.05, 0.1) is 32.5 Å². The van der Waals surface area contributed by atoms with Gasteiger partial charge in [-0.15, -0.1) is 0 Å². The van der Waals surface area contributed by atoms with Crippen LogP contribution in [-0.2, 0) is 11.2 Å². The summed E-state index contributed by atoms with van der Waals surface area (Å²) in [6, 6.07) is 4.79. The molecule has 1 saturated heterocycles. The van der Waals surface area contributed by atoms with Crippen LogP contribution in [-0.4, -0.2) is 61.7 Å². The van der Waals surface area contributed by atoms with Gasteiger partial charge < -0.3 is 19.3 Å².